The summed E-state index contributed by atoms with van der Waals surface area (Å²) >= 11 is 0. The number of para-hydroxylation sites is 1. The van der Waals surface area contributed by atoms with Crippen LogP contribution in [0, 0.1) is 6.92 Å². The summed E-state index contributed by atoms with van der Waals surface area (Å²) in [6, 6.07) is 12.8. The number of ether oxygens (including phenoxy) is 2. The van der Waals surface area contributed by atoms with Gasteiger partial charge in [-0.2, -0.15) is 0 Å². The quantitative estimate of drug-likeness (QED) is 0.574. The molecule has 0 aliphatic heterocycles. The van der Waals surface area contributed by atoms with Gasteiger partial charge in [-0.05, 0) is 25.1 Å². The van der Waals surface area contributed by atoms with Gasteiger partial charge in [0.2, 0.25) is 5.78 Å². The number of methoxy groups -OCH3 is 2. The van der Waals surface area contributed by atoms with Crippen molar-refractivity contribution in [3.8, 4) is 17.2 Å². The SMILES string of the molecule is COc1cc2c(=O)n(-c3ccccc3)c3nnc(C)n3c2cc1OC. The lowest BCUT2D eigenvalue weighted by molar-refractivity contribution is 0.355. The Labute approximate surface area is 143 Å². The maximum atomic E-state index is 13.2. The summed E-state index contributed by atoms with van der Waals surface area (Å²) in [6.45, 7) is 1.84. The summed E-state index contributed by atoms with van der Waals surface area (Å²) in [5.41, 5.74) is 1.20. The van der Waals surface area contributed by atoms with Crippen LogP contribution in [-0.2, 0) is 0 Å². The van der Waals surface area contributed by atoms with Crippen molar-refractivity contribution in [2.24, 2.45) is 0 Å². The first-order valence-electron chi connectivity index (χ1n) is 7.73. The maximum Gasteiger partial charge on any atom is 0.267 e. The summed E-state index contributed by atoms with van der Waals surface area (Å²) in [6.07, 6.45) is 0. The summed E-state index contributed by atoms with van der Waals surface area (Å²) in [5, 5.41) is 8.86. The number of fused-ring (bicyclic) bond motifs is 3. The van der Waals surface area contributed by atoms with Crippen LogP contribution in [0.15, 0.2) is 47.3 Å². The Kier molecular flexibility index (Phi) is 3.42. The number of hydrogen-bond donors (Lipinski definition) is 0. The number of nitrogens with zero attached hydrogens (tertiary/aromatic N) is 4. The molecule has 0 aliphatic rings. The van der Waals surface area contributed by atoms with E-state index in [1.807, 2.05) is 41.7 Å². The molecule has 2 heterocycles. The molecular formula is C18H16N4O3. The summed E-state index contributed by atoms with van der Waals surface area (Å²) in [7, 11) is 3.10. The largest absolute Gasteiger partial charge is 0.493 e. The van der Waals surface area contributed by atoms with E-state index in [-0.39, 0.29) is 5.56 Å². The molecule has 126 valence electrons. The highest BCUT2D eigenvalue weighted by Gasteiger charge is 2.18. The Balaban J connectivity index is 2.24. The molecule has 0 spiro atoms. The molecule has 0 unspecified atom stereocenters. The van der Waals surface area contributed by atoms with Crippen LogP contribution in [0.4, 0.5) is 0 Å². The molecule has 0 aliphatic carbocycles. The van der Waals surface area contributed by atoms with Crippen LogP contribution in [0.5, 0.6) is 11.5 Å². The zero-order valence-corrected chi connectivity index (χ0v) is 14.1. The van der Waals surface area contributed by atoms with Crippen LogP contribution in [0.3, 0.4) is 0 Å². The van der Waals surface area contributed by atoms with E-state index in [1.54, 1.807) is 30.9 Å². The highest BCUT2D eigenvalue weighted by Crippen LogP contribution is 2.31. The van der Waals surface area contributed by atoms with Crippen molar-refractivity contribution in [3.05, 3.63) is 58.6 Å². The van der Waals surface area contributed by atoms with E-state index in [1.165, 1.54) is 0 Å². The highest BCUT2D eigenvalue weighted by molar-refractivity contribution is 5.85. The van der Waals surface area contributed by atoms with Crippen molar-refractivity contribution in [2.45, 2.75) is 6.92 Å². The van der Waals surface area contributed by atoms with Gasteiger partial charge in [-0.25, -0.2) is 4.57 Å². The number of rotatable bonds is 3. The maximum absolute atomic E-state index is 13.2. The fourth-order valence-corrected chi connectivity index (χ4v) is 3.02. The summed E-state index contributed by atoms with van der Waals surface area (Å²) in [5.74, 6) is 2.17. The minimum absolute atomic E-state index is 0.193. The van der Waals surface area contributed by atoms with Gasteiger partial charge in [-0.15, -0.1) is 10.2 Å². The lowest BCUT2D eigenvalue weighted by atomic mass is 10.2. The molecule has 4 rings (SSSR count). The van der Waals surface area contributed by atoms with Crippen molar-refractivity contribution < 1.29 is 9.47 Å². The molecule has 0 N–H and O–H groups in total. The second kappa shape index (κ2) is 5.62. The van der Waals surface area contributed by atoms with Crippen molar-refractivity contribution in [2.75, 3.05) is 14.2 Å². The molecule has 0 amide bonds. The minimum atomic E-state index is -0.193. The number of benzene rings is 2. The molecule has 2 aromatic carbocycles. The first-order valence-corrected chi connectivity index (χ1v) is 7.73. The van der Waals surface area contributed by atoms with Crippen LogP contribution in [0.1, 0.15) is 5.82 Å². The number of aromatic nitrogens is 4. The third-order valence-corrected chi connectivity index (χ3v) is 4.20. The van der Waals surface area contributed by atoms with E-state index in [2.05, 4.69) is 10.2 Å². The molecule has 0 bridgehead atoms. The fraction of sp³-hybridized carbons (Fsp3) is 0.167. The van der Waals surface area contributed by atoms with Gasteiger partial charge in [0.1, 0.15) is 5.82 Å². The predicted octanol–water partition coefficient (Wildman–Crippen LogP) is 2.36. The fourth-order valence-electron chi connectivity index (χ4n) is 3.02. The third kappa shape index (κ3) is 2.16. The molecule has 0 atom stereocenters. The molecule has 0 fully saturated rings. The van der Waals surface area contributed by atoms with E-state index < -0.39 is 0 Å². The third-order valence-electron chi connectivity index (χ3n) is 4.20. The second-order valence-electron chi connectivity index (χ2n) is 5.58. The average Bonchev–Trinajstić information content (AvgIpc) is 3.03. The lowest BCUT2D eigenvalue weighted by Crippen LogP contribution is -2.22. The first-order chi connectivity index (χ1) is 12.2. The van der Waals surface area contributed by atoms with E-state index in [0.29, 0.717) is 34.0 Å². The van der Waals surface area contributed by atoms with Crippen molar-refractivity contribution in [1.29, 1.82) is 0 Å². The van der Waals surface area contributed by atoms with Crippen molar-refractivity contribution in [1.82, 2.24) is 19.2 Å². The zero-order chi connectivity index (χ0) is 17.6. The molecule has 25 heavy (non-hydrogen) atoms. The molecular weight excluding hydrogens is 320 g/mol. The Hall–Kier alpha value is -3.35. The van der Waals surface area contributed by atoms with Gasteiger partial charge in [0, 0.05) is 6.07 Å². The minimum Gasteiger partial charge on any atom is -0.493 e. The monoisotopic (exact) mass is 336 g/mol. The summed E-state index contributed by atoms with van der Waals surface area (Å²) in [4.78, 5) is 13.2. The molecule has 0 saturated heterocycles. The van der Waals surface area contributed by atoms with Gasteiger partial charge in [-0.1, -0.05) is 18.2 Å². The van der Waals surface area contributed by atoms with Gasteiger partial charge in [-0.3, -0.25) is 9.20 Å². The Bertz CT molecular complexity index is 1150. The van der Waals surface area contributed by atoms with E-state index in [9.17, 15) is 4.79 Å². The molecule has 0 radical (unpaired) electrons. The standard InChI is InChI=1S/C18H16N4O3/c1-11-19-20-18-21(11)14-10-16(25-3)15(24-2)9-13(14)17(23)22(18)12-7-5-4-6-8-12/h4-10H,1-3H3. The summed E-state index contributed by atoms with van der Waals surface area (Å²) < 4.78 is 14.1. The normalized spacial score (nSPS) is 11.2. The number of aryl methyl sites for hydroxylation is 1. The Morgan fingerprint density at radius 3 is 2.32 bits per heavy atom. The van der Waals surface area contributed by atoms with E-state index >= 15 is 0 Å². The van der Waals surface area contributed by atoms with Crippen molar-refractivity contribution in [3.63, 3.8) is 0 Å². The molecule has 7 nitrogen and oxygen atoms in total. The molecule has 0 saturated carbocycles. The van der Waals surface area contributed by atoms with Gasteiger partial charge in [0.25, 0.3) is 5.56 Å². The van der Waals surface area contributed by atoms with E-state index in [0.717, 1.165) is 5.69 Å². The first kappa shape index (κ1) is 15.2. The van der Waals surface area contributed by atoms with Crippen molar-refractivity contribution >= 4 is 16.7 Å². The van der Waals surface area contributed by atoms with Crippen LogP contribution in [0.2, 0.25) is 0 Å². The van der Waals surface area contributed by atoms with E-state index in [4.69, 9.17) is 9.47 Å². The Morgan fingerprint density at radius 2 is 1.64 bits per heavy atom. The molecule has 2 aromatic heterocycles. The highest BCUT2D eigenvalue weighted by atomic mass is 16.5. The molecule has 4 aromatic rings. The van der Waals surface area contributed by atoms with Crippen LogP contribution >= 0.6 is 0 Å². The van der Waals surface area contributed by atoms with Crippen LogP contribution in [-0.4, -0.2) is 33.4 Å². The van der Waals surface area contributed by atoms with Crippen LogP contribution < -0.4 is 15.0 Å². The van der Waals surface area contributed by atoms with Gasteiger partial charge in [0.05, 0.1) is 30.8 Å². The zero-order valence-electron chi connectivity index (χ0n) is 14.1. The van der Waals surface area contributed by atoms with Gasteiger partial charge >= 0.3 is 0 Å². The van der Waals surface area contributed by atoms with Gasteiger partial charge in [0.15, 0.2) is 11.5 Å². The topological polar surface area (TPSA) is 70.7 Å². The van der Waals surface area contributed by atoms with Crippen LogP contribution in [0.25, 0.3) is 22.4 Å². The predicted molar refractivity (Wildman–Crippen MR) is 93.9 cm³/mol. The molecule has 7 heteroatoms. The van der Waals surface area contributed by atoms with Gasteiger partial charge < -0.3 is 9.47 Å². The number of hydrogen-bond acceptors (Lipinski definition) is 5. The average molecular weight is 336 g/mol. The second-order valence-corrected chi connectivity index (χ2v) is 5.58. The smallest absolute Gasteiger partial charge is 0.267 e. The lowest BCUT2D eigenvalue weighted by Gasteiger charge is -2.13. The Morgan fingerprint density at radius 1 is 0.960 bits per heavy atom.